The van der Waals surface area contributed by atoms with Crippen molar-refractivity contribution in [2.24, 2.45) is 0 Å². The molecule has 1 aromatic heterocycles. The summed E-state index contributed by atoms with van der Waals surface area (Å²) in [5.74, 6) is 0. The summed E-state index contributed by atoms with van der Waals surface area (Å²) in [7, 11) is 4.16. The SMILES string of the molecule is CC(CN(C)C)NCc1cncc(Br)c1. The van der Waals surface area contributed by atoms with Crippen molar-refractivity contribution in [2.75, 3.05) is 20.6 Å². The predicted octanol–water partition coefficient (Wildman–Crippen LogP) is 1.88. The molecule has 0 spiro atoms. The van der Waals surface area contributed by atoms with Gasteiger partial charge in [-0.3, -0.25) is 4.98 Å². The topological polar surface area (TPSA) is 28.2 Å². The molecule has 1 heterocycles. The number of likely N-dealkylation sites (N-methyl/N-ethyl adjacent to an activating group) is 1. The highest BCUT2D eigenvalue weighted by atomic mass is 79.9. The first kappa shape index (κ1) is 12.6. The molecule has 0 bridgehead atoms. The number of nitrogens with one attached hydrogen (secondary N) is 1. The monoisotopic (exact) mass is 271 g/mol. The minimum absolute atomic E-state index is 0.485. The average Bonchev–Trinajstić information content (AvgIpc) is 2.14. The molecule has 1 unspecified atom stereocenters. The minimum Gasteiger partial charge on any atom is -0.309 e. The van der Waals surface area contributed by atoms with E-state index in [1.165, 1.54) is 5.56 Å². The van der Waals surface area contributed by atoms with Crippen LogP contribution in [0, 0.1) is 0 Å². The largest absolute Gasteiger partial charge is 0.309 e. The Morgan fingerprint density at radius 1 is 1.47 bits per heavy atom. The van der Waals surface area contributed by atoms with E-state index in [9.17, 15) is 0 Å². The van der Waals surface area contributed by atoms with Gasteiger partial charge in [-0.15, -0.1) is 0 Å². The third-order valence-electron chi connectivity index (χ3n) is 2.06. The van der Waals surface area contributed by atoms with Gasteiger partial charge in [0.1, 0.15) is 0 Å². The Bertz CT molecular complexity index is 302. The molecule has 1 rings (SSSR count). The van der Waals surface area contributed by atoms with Crippen LogP contribution in [0.4, 0.5) is 0 Å². The second-order valence-corrected chi connectivity index (χ2v) is 4.97. The van der Waals surface area contributed by atoms with Gasteiger partial charge in [0, 0.05) is 36.0 Å². The van der Waals surface area contributed by atoms with Crippen molar-refractivity contribution in [3.05, 3.63) is 28.5 Å². The fourth-order valence-electron chi connectivity index (χ4n) is 1.46. The van der Waals surface area contributed by atoms with Gasteiger partial charge in [-0.05, 0) is 48.6 Å². The Morgan fingerprint density at radius 2 is 2.20 bits per heavy atom. The molecule has 4 heteroatoms. The Morgan fingerprint density at radius 3 is 2.80 bits per heavy atom. The summed E-state index contributed by atoms with van der Waals surface area (Å²) in [4.78, 5) is 6.30. The molecule has 3 nitrogen and oxygen atoms in total. The second-order valence-electron chi connectivity index (χ2n) is 4.06. The van der Waals surface area contributed by atoms with Crippen molar-refractivity contribution < 1.29 is 0 Å². The van der Waals surface area contributed by atoms with Gasteiger partial charge in [-0.25, -0.2) is 0 Å². The van der Waals surface area contributed by atoms with E-state index in [1.807, 2.05) is 6.20 Å². The number of halogens is 1. The fraction of sp³-hybridized carbons (Fsp3) is 0.545. The Balaban J connectivity index is 2.36. The summed E-state index contributed by atoms with van der Waals surface area (Å²) < 4.78 is 1.03. The van der Waals surface area contributed by atoms with Crippen LogP contribution in [-0.4, -0.2) is 36.6 Å². The summed E-state index contributed by atoms with van der Waals surface area (Å²) in [5, 5.41) is 3.45. The van der Waals surface area contributed by atoms with Crippen molar-refractivity contribution >= 4 is 15.9 Å². The zero-order chi connectivity index (χ0) is 11.3. The van der Waals surface area contributed by atoms with Crippen LogP contribution in [-0.2, 0) is 6.54 Å². The first-order valence-corrected chi connectivity index (χ1v) is 5.85. The van der Waals surface area contributed by atoms with Crippen LogP contribution in [0.25, 0.3) is 0 Å². The first-order valence-electron chi connectivity index (χ1n) is 5.05. The standard InChI is InChI=1S/C11H18BrN3/c1-9(8-15(2)3)14-6-10-4-11(12)7-13-5-10/h4-5,7,9,14H,6,8H2,1-3H3. The molecule has 1 aromatic rings. The van der Waals surface area contributed by atoms with Crippen LogP contribution in [0.15, 0.2) is 22.9 Å². The van der Waals surface area contributed by atoms with Crippen molar-refractivity contribution in [2.45, 2.75) is 19.5 Å². The van der Waals surface area contributed by atoms with Gasteiger partial charge in [-0.1, -0.05) is 0 Å². The number of pyridine rings is 1. The van der Waals surface area contributed by atoms with Gasteiger partial charge in [0.05, 0.1) is 0 Å². The lowest BCUT2D eigenvalue weighted by Gasteiger charge is -2.18. The maximum Gasteiger partial charge on any atom is 0.0410 e. The summed E-state index contributed by atoms with van der Waals surface area (Å²) in [6.45, 7) is 4.09. The Hall–Kier alpha value is -0.450. The second kappa shape index (κ2) is 6.20. The number of rotatable bonds is 5. The molecule has 0 aliphatic rings. The van der Waals surface area contributed by atoms with E-state index in [0.717, 1.165) is 17.6 Å². The quantitative estimate of drug-likeness (QED) is 0.887. The van der Waals surface area contributed by atoms with Gasteiger partial charge >= 0.3 is 0 Å². The molecule has 0 radical (unpaired) electrons. The lowest BCUT2D eigenvalue weighted by atomic mass is 10.2. The van der Waals surface area contributed by atoms with E-state index >= 15 is 0 Å². The third kappa shape index (κ3) is 5.25. The molecule has 0 aromatic carbocycles. The zero-order valence-corrected chi connectivity index (χ0v) is 11.1. The highest BCUT2D eigenvalue weighted by Gasteiger charge is 2.02. The highest BCUT2D eigenvalue weighted by Crippen LogP contribution is 2.09. The smallest absolute Gasteiger partial charge is 0.0410 e. The number of nitrogens with zero attached hydrogens (tertiary/aromatic N) is 2. The lowest BCUT2D eigenvalue weighted by molar-refractivity contribution is 0.349. The summed E-state index contributed by atoms with van der Waals surface area (Å²) in [6, 6.07) is 2.57. The van der Waals surface area contributed by atoms with E-state index in [1.54, 1.807) is 6.20 Å². The Kier molecular flexibility index (Phi) is 5.22. The van der Waals surface area contributed by atoms with Gasteiger partial charge in [-0.2, -0.15) is 0 Å². The van der Waals surface area contributed by atoms with Crippen LogP contribution in [0.1, 0.15) is 12.5 Å². The molecule has 0 aliphatic carbocycles. The van der Waals surface area contributed by atoms with E-state index < -0.39 is 0 Å². The molecule has 1 atom stereocenters. The van der Waals surface area contributed by atoms with Crippen molar-refractivity contribution in [1.29, 1.82) is 0 Å². The van der Waals surface area contributed by atoms with Gasteiger partial charge in [0.25, 0.3) is 0 Å². The zero-order valence-electron chi connectivity index (χ0n) is 9.50. The Labute approximate surface area is 100 Å². The third-order valence-corrected chi connectivity index (χ3v) is 2.49. The maximum absolute atomic E-state index is 4.13. The van der Waals surface area contributed by atoms with Crippen LogP contribution in [0.5, 0.6) is 0 Å². The number of aromatic nitrogens is 1. The van der Waals surface area contributed by atoms with Crippen LogP contribution >= 0.6 is 15.9 Å². The van der Waals surface area contributed by atoms with Crippen LogP contribution < -0.4 is 5.32 Å². The first-order chi connectivity index (χ1) is 7.08. The van der Waals surface area contributed by atoms with E-state index in [-0.39, 0.29) is 0 Å². The molecule has 0 amide bonds. The summed E-state index contributed by atoms with van der Waals surface area (Å²) >= 11 is 3.41. The maximum atomic E-state index is 4.13. The van der Waals surface area contributed by atoms with Gasteiger partial charge < -0.3 is 10.2 Å². The van der Waals surface area contributed by atoms with E-state index in [0.29, 0.717) is 6.04 Å². The highest BCUT2D eigenvalue weighted by molar-refractivity contribution is 9.10. The van der Waals surface area contributed by atoms with Crippen molar-refractivity contribution in [3.63, 3.8) is 0 Å². The minimum atomic E-state index is 0.485. The molecule has 0 saturated carbocycles. The molecular weight excluding hydrogens is 254 g/mol. The van der Waals surface area contributed by atoms with Crippen LogP contribution in [0.3, 0.4) is 0 Å². The van der Waals surface area contributed by atoms with Crippen LogP contribution in [0.2, 0.25) is 0 Å². The van der Waals surface area contributed by atoms with Crippen molar-refractivity contribution in [1.82, 2.24) is 15.2 Å². The van der Waals surface area contributed by atoms with Gasteiger partial charge in [0.15, 0.2) is 0 Å². The average molecular weight is 272 g/mol. The predicted molar refractivity (Wildman–Crippen MR) is 66.8 cm³/mol. The molecule has 84 valence electrons. The summed E-state index contributed by atoms with van der Waals surface area (Å²) in [6.07, 6.45) is 3.69. The van der Waals surface area contributed by atoms with E-state index in [4.69, 9.17) is 0 Å². The number of hydrogen-bond donors (Lipinski definition) is 1. The number of hydrogen-bond acceptors (Lipinski definition) is 3. The lowest BCUT2D eigenvalue weighted by Crippen LogP contribution is -2.35. The van der Waals surface area contributed by atoms with E-state index in [2.05, 4.69) is 58.2 Å². The van der Waals surface area contributed by atoms with Crippen molar-refractivity contribution in [3.8, 4) is 0 Å². The molecule has 0 fully saturated rings. The normalized spacial score (nSPS) is 13.1. The molecule has 1 N–H and O–H groups in total. The molecular formula is C11H18BrN3. The molecule has 0 aliphatic heterocycles. The molecule has 15 heavy (non-hydrogen) atoms. The summed E-state index contributed by atoms with van der Waals surface area (Å²) in [5.41, 5.74) is 1.20. The fourth-order valence-corrected chi connectivity index (χ4v) is 1.87. The molecule has 0 saturated heterocycles. The van der Waals surface area contributed by atoms with Gasteiger partial charge in [0.2, 0.25) is 0 Å².